The number of fused-ring (bicyclic) bond motifs is 6. The summed E-state index contributed by atoms with van der Waals surface area (Å²) in [6.45, 7) is 11.3. The fourth-order valence-electron chi connectivity index (χ4n) is 9.80. The second-order valence-corrected chi connectivity index (χ2v) is 18.1. The van der Waals surface area contributed by atoms with Crippen LogP contribution in [0.3, 0.4) is 0 Å². The molecule has 2 nitrogen and oxygen atoms in total. The second kappa shape index (κ2) is 18.7. The van der Waals surface area contributed by atoms with Gasteiger partial charge in [-0.3, -0.25) is 0 Å². The van der Waals surface area contributed by atoms with Gasteiger partial charge in [0.2, 0.25) is 0 Å². The third-order valence-electron chi connectivity index (χ3n) is 13.3. The lowest BCUT2D eigenvalue weighted by atomic mass is 9.73. The maximum absolute atomic E-state index is 8.51. The van der Waals surface area contributed by atoms with Crippen LogP contribution in [-0.4, -0.2) is 4.57 Å². The number of hydrogen-bond acceptors (Lipinski definition) is 1. The Morgan fingerprint density at radius 2 is 1.14 bits per heavy atom. The van der Waals surface area contributed by atoms with Gasteiger partial charge < -0.3 is 4.57 Å². The molecule has 2 aliphatic carbocycles. The molecule has 0 saturated carbocycles. The van der Waals surface area contributed by atoms with Crippen LogP contribution in [0.5, 0.6) is 0 Å². The van der Waals surface area contributed by atoms with Crippen molar-refractivity contribution in [1.29, 1.82) is 5.26 Å². The van der Waals surface area contributed by atoms with Crippen LogP contribution in [0.1, 0.15) is 72.1 Å². The third kappa shape index (κ3) is 8.89. The Labute approximate surface area is 385 Å². The van der Waals surface area contributed by atoms with Gasteiger partial charge in [0.15, 0.2) is 0 Å². The van der Waals surface area contributed by atoms with E-state index >= 15 is 0 Å². The highest BCUT2D eigenvalue weighted by molar-refractivity contribution is 6.10. The molecule has 11 rings (SSSR count). The summed E-state index contributed by atoms with van der Waals surface area (Å²) < 4.78 is 2.36. The molecule has 2 aliphatic rings. The van der Waals surface area contributed by atoms with Gasteiger partial charge in [0, 0.05) is 22.4 Å². The summed E-state index contributed by atoms with van der Waals surface area (Å²) in [6.07, 6.45) is 9.48. The molecule has 0 saturated heterocycles. The lowest BCUT2D eigenvalue weighted by Crippen LogP contribution is -2.25. The monoisotopic (exact) mass is 840 g/mol. The topological polar surface area (TPSA) is 28.7 Å². The average molecular weight is 841 g/mol. The van der Waals surface area contributed by atoms with Gasteiger partial charge in [-0.2, -0.15) is 5.26 Å². The molecule has 0 fully saturated rings. The fourth-order valence-corrected chi connectivity index (χ4v) is 9.80. The molecule has 65 heavy (non-hydrogen) atoms. The van der Waals surface area contributed by atoms with E-state index < -0.39 is 0 Å². The van der Waals surface area contributed by atoms with Crippen LogP contribution < -0.4 is 0 Å². The Morgan fingerprint density at radius 3 is 1.82 bits per heavy atom. The van der Waals surface area contributed by atoms with E-state index in [0.29, 0.717) is 11.8 Å². The molecular formula is C63H56N2. The molecule has 1 aromatic heterocycles. The van der Waals surface area contributed by atoms with Crippen LogP contribution in [0.25, 0.3) is 55.3 Å². The minimum atomic E-state index is 0.191. The highest BCUT2D eigenvalue weighted by atomic mass is 15.0. The van der Waals surface area contributed by atoms with Crippen molar-refractivity contribution >= 4 is 27.4 Å². The summed E-state index contributed by atoms with van der Waals surface area (Å²) in [5.41, 5.74) is 19.2. The zero-order valence-corrected chi connectivity index (χ0v) is 38.2. The number of rotatable bonds is 6. The molecule has 0 radical (unpaired) electrons. The number of aryl methyl sites for hydroxylation is 3. The molecule has 0 N–H and O–H groups in total. The molecule has 0 aliphatic heterocycles. The number of allylic oxidation sites excluding steroid dienone is 4. The first-order valence-corrected chi connectivity index (χ1v) is 23.0. The van der Waals surface area contributed by atoms with Crippen molar-refractivity contribution in [2.75, 3.05) is 0 Å². The Kier molecular flexibility index (Phi) is 12.3. The van der Waals surface area contributed by atoms with Crippen molar-refractivity contribution in [3.8, 4) is 34.0 Å². The Bertz CT molecular complexity index is 3180. The van der Waals surface area contributed by atoms with Crippen LogP contribution in [0.4, 0.5) is 0 Å². The van der Waals surface area contributed by atoms with Crippen molar-refractivity contribution in [2.45, 2.75) is 58.8 Å². The molecule has 9 aromatic rings. The van der Waals surface area contributed by atoms with Crippen LogP contribution in [0, 0.1) is 31.1 Å². The summed E-state index contributed by atoms with van der Waals surface area (Å²) in [5.74, 6) is 1.07. The average Bonchev–Trinajstić information content (AvgIpc) is 3.80. The Hall–Kier alpha value is -7.47. The molecule has 2 atom stereocenters. The SMILES string of the molecule is CCCc1ccc(C#N)cc1.Cc1ccc(-c2ccc(-c3ccc4c(c3)c3ccccc3n4-c3ccccc3)cc2)cc1.Cc1ccc2c(c1)C(C)(C)C1C=C(c3ccccc3)C=CC21. The summed E-state index contributed by atoms with van der Waals surface area (Å²) in [6, 6.07) is 71.3. The molecule has 8 aromatic carbocycles. The minimum absolute atomic E-state index is 0.191. The maximum atomic E-state index is 8.51. The van der Waals surface area contributed by atoms with Gasteiger partial charge in [0.25, 0.3) is 0 Å². The number of benzene rings is 8. The molecule has 0 amide bonds. The predicted octanol–water partition coefficient (Wildman–Crippen LogP) is 16.6. The fraction of sp³-hybridized carbons (Fsp3) is 0.159. The summed E-state index contributed by atoms with van der Waals surface area (Å²) in [4.78, 5) is 0. The normalized spacial score (nSPS) is 15.4. The maximum Gasteiger partial charge on any atom is 0.0991 e. The van der Waals surface area contributed by atoms with Crippen LogP contribution in [-0.2, 0) is 11.8 Å². The Balaban J connectivity index is 0.000000139. The first kappa shape index (κ1) is 42.8. The van der Waals surface area contributed by atoms with E-state index in [0.717, 1.165) is 18.4 Å². The first-order chi connectivity index (χ1) is 31.7. The molecule has 2 unspecified atom stereocenters. The molecule has 1 heterocycles. The van der Waals surface area contributed by atoms with Crippen LogP contribution in [0.2, 0.25) is 0 Å². The van der Waals surface area contributed by atoms with Gasteiger partial charge in [-0.25, -0.2) is 0 Å². The van der Waals surface area contributed by atoms with E-state index in [1.807, 2.05) is 24.3 Å². The summed E-state index contributed by atoms with van der Waals surface area (Å²) >= 11 is 0. The van der Waals surface area contributed by atoms with E-state index in [1.165, 1.54) is 88.7 Å². The predicted molar refractivity (Wildman–Crippen MR) is 276 cm³/mol. The van der Waals surface area contributed by atoms with E-state index in [-0.39, 0.29) is 5.41 Å². The number of hydrogen-bond donors (Lipinski definition) is 0. The standard InChI is InChI=1S/C31H23N.C22H22.C10H11N/c1-22-11-13-23(14-12-22)24-15-17-25(18-16-24)26-19-20-31-29(21-26)28-9-5-6-10-30(28)32(31)27-7-3-2-4-8-27;1-15-9-11-18-19-12-10-17(16-7-5-4-6-8-16)14-21(19)22(2,3)20(18)13-15;1-2-3-9-4-6-10(8-11)7-5-9/h2-21H,1H3;4-14,19,21H,1-3H3;4-7H,2-3H2,1H3. The lowest BCUT2D eigenvalue weighted by Gasteiger charge is -2.31. The first-order valence-electron chi connectivity index (χ1n) is 23.0. The van der Waals surface area contributed by atoms with E-state index in [2.05, 4.69) is 233 Å². The number of nitriles is 1. The Morgan fingerprint density at radius 1 is 0.554 bits per heavy atom. The van der Waals surface area contributed by atoms with Crippen molar-refractivity contribution in [1.82, 2.24) is 4.57 Å². The quantitative estimate of drug-likeness (QED) is 0.164. The minimum Gasteiger partial charge on any atom is -0.309 e. The second-order valence-electron chi connectivity index (χ2n) is 18.1. The largest absolute Gasteiger partial charge is 0.309 e. The van der Waals surface area contributed by atoms with Gasteiger partial charge in [0.1, 0.15) is 0 Å². The zero-order valence-electron chi connectivity index (χ0n) is 38.2. The van der Waals surface area contributed by atoms with Crippen LogP contribution in [0.15, 0.2) is 212 Å². The molecule has 2 heteroatoms. The van der Waals surface area contributed by atoms with Gasteiger partial charge in [-0.05, 0) is 124 Å². The zero-order chi connectivity index (χ0) is 44.9. The molecule has 0 bridgehead atoms. The summed E-state index contributed by atoms with van der Waals surface area (Å²) in [5, 5.41) is 11.1. The van der Waals surface area contributed by atoms with Gasteiger partial charge in [-0.15, -0.1) is 0 Å². The highest BCUT2D eigenvalue weighted by Crippen LogP contribution is 2.54. The van der Waals surface area contributed by atoms with E-state index in [1.54, 1.807) is 0 Å². The number of aromatic nitrogens is 1. The van der Waals surface area contributed by atoms with Gasteiger partial charge >= 0.3 is 0 Å². The molecular weight excluding hydrogens is 785 g/mol. The van der Waals surface area contributed by atoms with E-state index in [4.69, 9.17) is 5.26 Å². The third-order valence-corrected chi connectivity index (χ3v) is 13.3. The van der Waals surface area contributed by atoms with Crippen molar-refractivity contribution in [3.05, 3.63) is 251 Å². The number of para-hydroxylation sites is 2. The van der Waals surface area contributed by atoms with Crippen LogP contribution >= 0.6 is 0 Å². The van der Waals surface area contributed by atoms with E-state index in [9.17, 15) is 0 Å². The molecule has 0 spiro atoms. The molecule has 318 valence electrons. The lowest BCUT2D eigenvalue weighted by molar-refractivity contribution is 0.395. The number of nitrogens with zero attached hydrogens (tertiary/aromatic N) is 2. The van der Waals surface area contributed by atoms with Crippen molar-refractivity contribution in [2.24, 2.45) is 5.92 Å². The van der Waals surface area contributed by atoms with Gasteiger partial charge in [0.05, 0.1) is 22.7 Å². The van der Waals surface area contributed by atoms with Gasteiger partial charge in [-0.1, -0.05) is 208 Å². The summed E-state index contributed by atoms with van der Waals surface area (Å²) in [7, 11) is 0. The van der Waals surface area contributed by atoms with Crippen molar-refractivity contribution < 1.29 is 0 Å². The smallest absolute Gasteiger partial charge is 0.0991 e. The van der Waals surface area contributed by atoms with Crippen molar-refractivity contribution in [3.63, 3.8) is 0 Å². The highest BCUT2D eigenvalue weighted by Gasteiger charge is 2.45.